The number of hydrogen-bond donors (Lipinski definition) is 5. The van der Waals surface area contributed by atoms with Gasteiger partial charge in [0.1, 0.15) is 0 Å². The number of rotatable bonds is 16. The third-order valence-corrected chi connectivity index (χ3v) is 4.09. The van der Waals surface area contributed by atoms with E-state index in [2.05, 4.69) is 6.92 Å². The van der Waals surface area contributed by atoms with Gasteiger partial charge in [-0.25, -0.2) is 0 Å². The molecule has 0 spiro atoms. The maximum absolute atomic E-state index is 9.52. The van der Waals surface area contributed by atoms with E-state index in [1.807, 2.05) is 6.08 Å². The lowest BCUT2D eigenvalue weighted by molar-refractivity contribution is 0.144. The van der Waals surface area contributed by atoms with Crippen LogP contribution in [0.3, 0.4) is 0 Å². The highest BCUT2D eigenvalue weighted by Gasteiger charge is 2.08. The minimum atomic E-state index is -0.720. The summed E-state index contributed by atoms with van der Waals surface area (Å²) in [6.07, 6.45) is 18.8. The number of aliphatic hydroxyl groups excluding tert-OH is 3. The SMILES string of the molecule is CCCCCCCCCCCCC/C=C/C(O)C(N)CO.NCCO. The van der Waals surface area contributed by atoms with Gasteiger partial charge in [0.05, 0.1) is 25.4 Å². The van der Waals surface area contributed by atoms with Crippen molar-refractivity contribution < 1.29 is 15.3 Å². The Morgan fingerprint density at radius 2 is 1.28 bits per heavy atom. The van der Waals surface area contributed by atoms with Gasteiger partial charge < -0.3 is 26.8 Å². The molecule has 0 saturated heterocycles. The average molecular weight is 361 g/mol. The standard InChI is InChI=1S/C18H37NO2.C2H7NO/c1-2-3-4-5-6-7-8-9-10-11-12-13-14-15-18(21)17(19)16-20;3-1-2-4/h14-15,17-18,20-21H,2-13,16,19H2,1H3;4H,1-3H2/b15-14+;. The molecule has 0 aromatic heterocycles. The normalized spacial score (nSPS) is 13.5. The first-order chi connectivity index (χ1) is 12.1. The highest BCUT2D eigenvalue weighted by molar-refractivity contribution is 4.93. The number of nitrogens with two attached hydrogens (primary N) is 2. The van der Waals surface area contributed by atoms with E-state index in [1.54, 1.807) is 6.08 Å². The van der Waals surface area contributed by atoms with Crippen molar-refractivity contribution >= 4 is 0 Å². The molecule has 0 heterocycles. The van der Waals surface area contributed by atoms with Crippen LogP contribution in [0.2, 0.25) is 0 Å². The minimum absolute atomic E-state index is 0.0972. The summed E-state index contributed by atoms with van der Waals surface area (Å²) in [6, 6.07) is -0.557. The fourth-order valence-corrected chi connectivity index (χ4v) is 2.41. The highest BCUT2D eigenvalue weighted by atomic mass is 16.3. The lowest BCUT2D eigenvalue weighted by atomic mass is 10.0. The quantitative estimate of drug-likeness (QED) is 0.215. The Hall–Kier alpha value is -0.460. The smallest absolute Gasteiger partial charge is 0.0894 e. The molecule has 0 aliphatic carbocycles. The van der Waals surface area contributed by atoms with Gasteiger partial charge in [0.2, 0.25) is 0 Å². The van der Waals surface area contributed by atoms with Crippen LogP contribution in [0.15, 0.2) is 12.2 Å². The fourth-order valence-electron chi connectivity index (χ4n) is 2.41. The average Bonchev–Trinajstić information content (AvgIpc) is 2.64. The first-order valence-corrected chi connectivity index (χ1v) is 10.2. The largest absolute Gasteiger partial charge is 0.395 e. The molecule has 0 saturated carbocycles. The van der Waals surface area contributed by atoms with Crippen LogP contribution >= 0.6 is 0 Å². The molecular weight excluding hydrogens is 316 g/mol. The second-order valence-corrected chi connectivity index (χ2v) is 6.60. The number of hydrogen-bond acceptors (Lipinski definition) is 5. The van der Waals surface area contributed by atoms with E-state index in [0.29, 0.717) is 6.54 Å². The Kier molecular flexibility index (Phi) is 25.2. The van der Waals surface area contributed by atoms with Gasteiger partial charge >= 0.3 is 0 Å². The third kappa shape index (κ3) is 23.5. The van der Waals surface area contributed by atoms with Crippen molar-refractivity contribution in [3.63, 3.8) is 0 Å². The summed E-state index contributed by atoms with van der Waals surface area (Å²) in [5.74, 6) is 0. The first kappa shape index (κ1) is 26.8. The third-order valence-electron chi connectivity index (χ3n) is 4.09. The van der Waals surface area contributed by atoms with Crippen molar-refractivity contribution in [3.8, 4) is 0 Å². The van der Waals surface area contributed by atoms with Crippen molar-refractivity contribution in [1.82, 2.24) is 0 Å². The van der Waals surface area contributed by atoms with Gasteiger partial charge in [-0.05, 0) is 12.8 Å². The first-order valence-electron chi connectivity index (χ1n) is 10.2. The van der Waals surface area contributed by atoms with Crippen molar-refractivity contribution in [2.45, 2.75) is 96.1 Å². The maximum atomic E-state index is 9.52. The van der Waals surface area contributed by atoms with Crippen molar-refractivity contribution in [1.29, 1.82) is 0 Å². The Morgan fingerprint density at radius 1 is 0.840 bits per heavy atom. The van der Waals surface area contributed by atoms with E-state index >= 15 is 0 Å². The summed E-state index contributed by atoms with van der Waals surface area (Å²) in [6.45, 7) is 2.56. The molecule has 7 N–H and O–H groups in total. The monoisotopic (exact) mass is 360 g/mol. The lowest BCUT2D eigenvalue weighted by Gasteiger charge is -2.11. The van der Waals surface area contributed by atoms with Crippen molar-refractivity contribution in [2.75, 3.05) is 19.8 Å². The van der Waals surface area contributed by atoms with Gasteiger partial charge in [-0.3, -0.25) is 0 Å². The zero-order valence-corrected chi connectivity index (χ0v) is 16.4. The summed E-state index contributed by atoms with van der Waals surface area (Å²) in [4.78, 5) is 0. The highest BCUT2D eigenvalue weighted by Crippen LogP contribution is 2.12. The van der Waals surface area contributed by atoms with Gasteiger partial charge in [-0.2, -0.15) is 0 Å². The van der Waals surface area contributed by atoms with Crippen LogP contribution < -0.4 is 11.5 Å². The summed E-state index contributed by atoms with van der Waals surface area (Å²) >= 11 is 0. The predicted octanol–water partition coefficient (Wildman–Crippen LogP) is 2.86. The second-order valence-electron chi connectivity index (χ2n) is 6.60. The van der Waals surface area contributed by atoms with E-state index in [4.69, 9.17) is 21.7 Å². The van der Waals surface area contributed by atoms with E-state index < -0.39 is 12.1 Å². The summed E-state index contributed by atoms with van der Waals surface area (Å²) in [5, 5.41) is 26.1. The van der Waals surface area contributed by atoms with Gasteiger partial charge in [0, 0.05) is 6.54 Å². The van der Waals surface area contributed by atoms with Gasteiger partial charge in [-0.15, -0.1) is 0 Å². The molecule has 0 radical (unpaired) electrons. The van der Waals surface area contributed by atoms with Crippen LogP contribution in [0, 0.1) is 0 Å². The van der Waals surface area contributed by atoms with Crippen LogP contribution in [0.1, 0.15) is 84.0 Å². The molecule has 152 valence electrons. The summed E-state index contributed by atoms with van der Waals surface area (Å²) in [5.41, 5.74) is 10.3. The van der Waals surface area contributed by atoms with E-state index in [-0.39, 0.29) is 13.2 Å². The van der Waals surface area contributed by atoms with Crippen molar-refractivity contribution in [3.05, 3.63) is 12.2 Å². The minimum Gasteiger partial charge on any atom is -0.395 e. The number of aliphatic hydroxyl groups is 3. The molecule has 0 aliphatic rings. The number of allylic oxidation sites excluding steroid dienone is 1. The predicted molar refractivity (Wildman–Crippen MR) is 107 cm³/mol. The van der Waals surface area contributed by atoms with Crippen LogP contribution in [-0.2, 0) is 0 Å². The molecule has 0 amide bonds. The molecule has 0 fully saturated rings. The maximum Gasteiger partial charge on any atom is 0.0894 e. The molecule has 0 rings (SSSR count). The lowest BCUT2D eigenvalue weighted by Crippen LogP contribution is -2.36. The topological polar surface area (TPSA) is 113 Å². The van der Waals surface area contributed by atoms with Crippen LogP contribution in [0.5, 0.6) is 0 Å². The fraction of sp³-hybridized carbons (Fsp3) is 0.900. The zero-order chi connectivity index (χ0) is 19.2. The van der Waals surface area contributed by atoms with E-state index in [9.17, 15) is 5.11 Å². The summed E-state index contributed by atoms with van der Waals surface area (Å²) < 4.78 is 0. The van der Waals surface area contributed by atoms with Crippen molar-refractivity contribution in [2.24, 2.45) is 11.5 Å². The molecular formula is C20H44N2O3. The Bertz CT molecular complexity index is 261. The van der Waals surface area contributed by atoms with Gasteiger partial charge in [-0.1, -0.05) is 83.3 Å². The summed E-state index contributed by atoms with van der Waals surface area (Å²) in [7, 11) is 0. The number of unbranched alkanes of at least 4 members (excludes halogenated alkanes) is 11. The van der Waals surface area contributed by atoms with E-state index in [0.717, 1.165) is 6.42 Å². The van der Waals surface area contributed by atoms with E-state index in [1.165, 1.54) is 70.6 Å². The zero-order valence-electron chi connectivity index (χ0n) is 16.4. The molecule has 25 heavy (non-hydrogen) atoms. The van der Waals surface area contributed by atoms with Gasteiger partial charge in [0.15, 0.2) is 0 Å². The molecule has 0 aromatic rings. The van der Waals surface area contributed by atoms with Crippen LogP contribution in [0.4, 0.5) is 0 Å². The molecule has 2 atom stereocenters. The second kappa shape index (κ2) is 23.5. The Labute approximate surface area is 155 Å². The molecule has 5 nitrogen and oxygen atoms in total. The van der Waals surface area contributed by atoms with Crippen LogP contribution in [0.25, 0.3) is 0 Å². The molecule has 0 aliphatic heterocycles. The Morgan fingerprint density at radius 3 is 1.68 bits per heavy atom. The molecule has 5 heteroatoms. The molecule has 2 unspecified atom stereocenters. The molecule has 0 aromatic carbocycles. The van der Waals surface area contributed by atoms with Gasteiger partial charge in [0.25, 0.3) is 0 Å². The molecule has 0 bridgehead atoms. The Balaban J connectivity index is 0. The van der Waals surface area contributed by atoms with Crippen LogP contribution in [-0.4, -0.2) is 47.2 Å².